The van der Waals surface area contributed by atoms with Gasteiger partial charge in [0.05, 0.1) is 0 Å². The summed E-state index contributed by atoms with van der Waals surface area (Å²) in [5, 5.41) is -1.62. The average molecular weight is 395 g/mol. The van der Waals surface area contributed by atoms with E-state index in [0.29, 0.717) is 12.8 Å². The third-order valence-corrected chi connectivity index (χ3v) is 3.93. The highest BCUT2D eigenvalue weighted by Gasteiger charge is 2.81. The van der Waals surface area contributed by atoms with Gasteiger partial charge in [0.15, 0.2) is 0 Å². The third kappa shape index (κ3) is 5.88. The molecular weight excluding hydrogens is 375 g/mol. The Morgan fingerprint density at radius 2 is 1.17 bits per heavy atom. The summed E-state index contributed by atoms with van der Waals surface area (Å²) in [6.07, 6.45) is -4.40. The van der Waals surface area contributed by atoms with Crippen molar-refractivity contribution >= 4 is 11.6 Å². The molecule has 1 unspecified atom stereocenters. The molecule has 0 bridgehead atoms. The number of halogens is 10. The van der Waals surface area contributed by atoms with E-state index in [2.05, 4.69) is 0 Å². The number of hydrogen-bond donors (Lipinski definition) is 0. The summed E-state index contributed by atoms with van der Waals surface area (Å²) in [5.74, 6) is -19.0. The zero-order valence-corrected chi connectivity index (χ0v) is 13.8. The van der Waals surface area contributed by atoms with Crippen LogP contribution in [-0.2, 0) is 0 Å². The molecule has 146 valence electrons. The SMILES string of the molecule is CCCCCCCCC(Cl)CC(F)(F)C(F)(F)C(F)(F)C(F)(F)F. The van der Waals surface area contributed by atoms with Gasteiger partial charge in [-0.2, -0.15) is 39.5 Å². The van der Waals surface area contributed by atoms with Gasteiger partial charge in [-0.25, -0.2) is 0 Å². The van der Waals surface area contributed by atoms with E-state index in [-0.39, 0.29) is 6.42 Å². The maximum Gasteiger partial charge on any atom is 0.460 e. The van der Waals surface area contributed by atoms with Crippen LogP contribution in [0.15, 0.2) is 0 Å². The molecule has 0 spiro atoms. The summed E-state index contributed by atoms with van der Waals surface area (Å²) in [5.41, 5.74) is 0. The van der Waals surface area contributed by atoms with Crippen molar-refractivity contribution in [3.8, 4) is 0 Å². The lowest BCUT2D eigenvalue weighted by Crippen LogP contribution is -2.61. The van der Waals surface area contributed by atoms with Crippen LogP contribution in [0.25, 0.3) is 0 Å². The summed E-state index contributed by atoms with van der Waals surface area (Å²) in [7, 11) is 0. The highest BCUT2D eigenvalue weighted by molar-refractivity contribution is 6.20. The highest BCUT2D eigenvalue weighted by Crippen LogP contribution is 2.54. The van der Waals surface area contributed by atoms with Crippen LogP contribution in [0, 0.1) is 0 Å². The summed E-state index contributed by atoms with van der Waals surface area (Å²) in [4.78, 5) is 0. The molecule has 0 aliphatic rings. The minimum Gasteiger partial charge on any atom is -0.200 e. The third-order valence-electron chi connectivity index (χ3n) is 3.56. The lowest BCUT2D eigenvalue weighted by atomic mass is 9.97. The van der Waals surface area contributed by atoms with Crippen LogP contribution in [0.1, 0.15) is 58.3 Å². The Balaban J connectivity index is 4.65. The molecule has 0 N–H and O–H groups in total. The van der Waals surface area contributed by atoms with Crippen molar-refractivity contribution in [1.29, 1.82) is 0 Å². The molecule has 0 aromatic heterocycles. The Morgan fingerprint density at radius 3 is 1.62 bits per heavy atom. The monoisotopic (exact) mass is 394 g/mol. The first kappa shape index (κ1) is 23.7. The molecule has 10 heteroatoms. The number of alkyl halides is 10. The summed E-state index contributed by atoms with van der Waals surface area (Å²) >= 11 is 5.44. The van der Waals surface area contributed by atoms with Crippen LogP contribution >= 0.6 is 11.6 Å². The molecule has 0 saturated carbocycles. The first-order valence-corrected chi connectivity index (χ1v) is 7.98. The molecule has 24 heavy (non-hydrogen) atoms. The smallest absolute Gasteiger partial charge is 0.200 e. The minimum atomic E-state index is -6.85. The predicted molar refractivity (Wildman–Crippen MR) is 73.1 cm³/mol. The largest absolute Gasteiger partial charge is 0.460 e. The van der Waals surface area contributed by atoms with E-state index >= 15 is 0 Å². The van der Waals surface area contributed by atoms with Gasteiger partial charge in [0.2, 0.25) is 0 Å². The molecule has 0 nitrogen and oxygen atoms in total. The first-order chi connectivity index (χ1) is 10.7. The van der Waals surface area contributed by atoms with Crippen LogP contribution in [-0.4, -0.2) is 29.3 Å². The topological polar surface area (TPSA) is 0 Å². The van der Waals surface area contributed by atoms with Gasteiger partial charge in [0.25, 0.3) is 0 Å². The van der Waals surface area contributed by atoms with E-state index < -0.39 is 35.7 Å². The van der Waals surface area contributed by atoms with Crippen molar-refractivity contribution in [2.75, 3.05) is 0 Å². The molecule has 0 fully saturated rings. The Bertz CT molecular complexity index is 366. The zero-order chi connectivity index (χ0) is 19.2. The molecule has 0 aromatic carbocycles. The molecule has 0 radical (unpaired) electrons. The molecule has 0 rings (SSSR count). The summed E-state index contributed by atoms with van der Waals surface area (Å²) in [6.45, 7) is 1.98. The van der Waals surface area contributed by atoms with E-state index in [0.717, 1.165) is 25.7 Å². The normalized spacial score (nSPS) is 15.6. The van der Waals surface area contributed by atoms with Crippen molar-refractivity contribution in [1.82, 2.24) is 0 Å². The first-order valence-electron chi connectivity index (χ1n) is 7.55. The molecular formula is C14H20ClF9. The standard InChI is InChI=1S/C14H20ClF9/c1-2-3-4-5-6-7-8-10(15)9-11(16,17)12(18,19)13(20,21)14(22,23)24/h10H,2-9H2,1H3. The van der Waals surface area contributed by atoms with Gasteiger partial charge >= 0.3 is 23.9 Å². The number of hydrogen-bond acceptors (Lipinski definition) is 0. The van der Waals surface area contributed by atoms with E-state index in [1.165, 1.54) is 0 Å². The molecule has 0 amide bonds. The van der Waals surface area contributed by atoms with Crippen molar-refractivity contribution < 1.29 is 39.5 Å². The lowest BCUT2D eigenvalue weighted by Gasteiger charge is -2.34. The van der Waals surface area contributed by atoms with E-state index in [4.69, 9.17) is 11.6 Å². The lowest BCUT2D eigenvalue weighted by molar-refractivity contribution is -0.396. The fraction of sp³-hybridized carbons (Fsp3) is 1.00. The fourth-order valence-corrected chi connectivity index (χ4v) is 2.41. The van der Waals surface area contributed by atoms with Gasteiger partial charge in [-0.15, -0.1) is 11.6 Å². The second-order valence-electron chi connectivity index (χ2n) is 5.71. The molecule has 0 saturated heterocycles. The Kier molecular flexibility index (Phi) is 8.72. The van der Waals surface area contributed by atoms with Gasteiger partial charge in [-0.1, -0.05) is 45.4 Å². The second kappa shape index (κ2) is 8.85. The number of unbranched alkanes of at least 4 members (excludes halogenated alkanes) is 5. The van der Waals surface area contributed by atoms with Crippen LogP contribution in [0.2, 0.25) is 0 Å². The van der Waals surface area contributed by atoms with Crippen molar-refractivity contribution in [3.05, 3.63) is 0 Å². The van der Waals surface area contributed by atoms with Gasteiger partial charge < -0.3 is 0 Å². The maximum atomic E-state index is 13.3. The fourth-order valence-electron chi connectivity index (χ4n) is 2.06. The van der Waals surface area contributed by atoms with Gasteiger partial charge in [-0.3, -0.25) is 0 Å². The second-order valence-corrected chi connectivity index (χ2v) is 6.33. The van der Waals surface area contributed by atoms with Crippen molar-refractivity contribution in [2.45, 2.75) is 87.6 Å². The van der Waals surface area contributed by atoms with Gasteiger partial charge in [0, 0.05) is 11.8 Å². The molecule has 0 aliphatic heterocycles. The quantitative estimate of drug-likeness (QED) is 0.197. The van der Waals surface area contributed by atoms with Crippen LogP contribution in [0.5, 0.6) is 0 Å². The predicted octanol–water partition coefficient (Wildman–Crippen LogP) is 7.20. The van der Waals surface area contributed by atoms with E-state index in [9.17, 15) is 39.5 Å². The average Bonchev–Trinajstić information content (AvgIpc) is 2.40. The summed E-state index contributed by atoms with van der Waals surface area (Å²) in [6, 6.07) is 0. The van der Waals surface area contributed by atoms with Crippen LogP contribution < -0.4 is 0 Å². The summed E-state index contributed by atoms with van der Waals surface area (Å²) < 4.78 is 114. The highest BCUT2D eigenvalue weighted by atomic mass is 35.5. The van der Waals surface area contributed by atoms with Gasteiger partial charge in [0.1, 0.15) is 0 Å². The van der Waals surface area contributed by atoms with Crippen molar-refractivity contribution in [2.24, 2.45) is 0 Å². The Hall–Kier alpha value is -0.340. The minimum absolute atomic E-state index is 0.170. The Labute approximate surface area is 139 Å². The molecule has 1 atom stereocenters. The van der Waals surface area contributed by atoms with Crippen LogP contribution in [0.3, 0.4) is 0 Å². The van der Waals surface area contributed by atoms with Crippen LogP contribution in [0.4, 0.5) is 39.5 Å². The van der Waals surface area contributed by atoms with Crippen molar-refractivity contribution in [3.63, 3.8) is 0 Å². The maximum absolute atomic E-state index is 13.3. The number of rotatable bonds is 11. The molecule has 0 aromatic rings. The van der Waals surface area contributed by atoms with E-state index in [1.807, 2.05) is 6.92 Å². The van der Waals surface area contributed by atoms with E-state index in [1.54, 1.807) is 0 Å². The Morgan fingerprint density at radius 1 is 0.708 bits per heavy atom. The zero-order valence-electron chi connectivity index (χ0n) is 13.0. The molecule has 0 heterocycles. The molecule has 0 aliphatic carbocycles. The van der Waals surface area contributed by atoms with Gasteiger partial charge in [-0.05, 0) is 6.42 Å².